The fourth-order valence-electron chi connectivity index (χ4n) is 1.77. The van der Waals surface area contributed by atoms with E-state index in [4.69, 9.17) is 11.6 Å². The number of carbonyl (C=O) groups excluding carboxylic acids is 1. The highest BCUT2D eigenvalue weighted by molar-refractivity contribution is 6.30. The summed E-state index contributed by atoms with van der Waals surface area (Å²) in [6.45, 7) is 1.75. The van der Waals surface area contributed by atoms with Gasteiger partial charge in [-0.25, -0.2) is 9.37 Å². The van der Waals surface area contributed by atoms with E-state index in [1.54, 1.807) is 26.1 Å². The molecule has 0 aliphatic carbocycles. The summed E-state index contributed by atoms with van der Waals surface area (Å²) in [5, 5.41) is 5.64. The molecule has 2 rings (SSSR count). The van der Waals surface area contributed by atoms with Gasteiger partial charge in [-0.05, 0) is 42.8 Å². The number of hydrogen-bond acceptors (Lipinski definition) is 3. The minimum Gasteiger partial charge on any atom is -0.373 e. The van der Waals surface area contributed by atoms with Crippen LogP contribution in [0.4, 0.5) is 15.9 Å². The molecule has 1 heterocycles. The number of amides is 1. The molecule has 0 bridgehead atoms. The second kappa shape index (κ2) is 5.88. The molecule has 0 unspecified atom stereocenters. The molecule has 1 amide bonds. The average Bonchev–Trinajstić information content (AvgIpc) is 2.36. The number of carbonyl (C=O) groups is 1. The van der Waals surface area contributed by atoms with Crippen molar-refractivity contribution < 1.29 is 9.18 Å². The molecule has 0 saturated heterocycles. The molecule has 2 N–H and O–H groups in total. The highest BCUT2D eigenvalue weighted by Gasteiger charge is 2.10. The summed E-state index contributed by atoms with van der Waals surface area (Å²) in [6, 6.07) is 7.34. The van der Waals surface area contributed by atoms with Gasteiger partial charge in [-0.1, -0.05) is 11.6 Å². The zero-order valence-corrected chi connectivity index (χ0v) is 11.8. The van der Waals surface area contributed by atoms with Gasteiger partial charge >= 0.3 is 0 Å². The number of aryl methyl sites for hydroxylation is 1. The van der Waals surface area contributed by atoms with Crippen LogP contribution in [-0.2, 0) is 0 Å². The van der Waals surface area contributed by atoms with Crippen LogP contribution < -0.4 is 10.6 Å². The van der Waals surface area contributed by atoms with Crippen LogP contribution in [0, 0.1) is 12.7 Å². The smallest absolute Gasteiger partial charge is 0.255 e. The molecule has 0 atom stereocenters. The van der Waals surface area contributed by atoms with E-state index in [0.717, 1.165) is 5.56 Å². The first-order valence-corrected chi connectivity index (χ1v) is 6.29. The van der Waals surface area contributed by atoms with Gasteiger partial charge in [-0.2, -0.15) is 0 Å². The lowest BCUT2D eigenvalue weighted by molar-refractivity contribution is 0.102. The first kappa shape index (κ1) is 14.3. The van der Waals surface area contributed by atoms with Crippen molar-refractivity contribution in [3.05, 3.63) is 52.4 Å². The number of hydrogen-bond donors (Lipinski definition) is 2. The van der Waals surface area contributed by atoms with Crippen molar-refractivity contribution in [2.75, 3.05) is 17.7 Å². The van der Waals surface area contributed by atoms with E-state index >= 15 is 0 Å². The monoisotopic (exact) mass is 293 g/mol. The van der Waals surface area contributed by atoms with Gasteiger partial charge in [0.2, 0.25) is 0 Å². The number of rotatable bonds is 3. The van der Waals surface area contributed by atoms with Crippen LogP contribution in [0.5, 0.6) is 0 Å². The number of anilines is 2. The SMILES string of the molecule is CNc1cc(C(=O)Nc2cc(C)cc(F)c2)cc(Cl)n1. The Hall–Kier alpha value is -2.14. The van der Waals surface area contributed by atoms with E-state index in [9.17, 15) is 9.18 Å². The van der Waals surface area contributed by atoms with Crippen LogP contribution in [0.25, 0.3) is 0 Å². The van der Waals surface area contributed by atoms with E-state index < -0.39 is 5.82 Å². The van der Waals surface area contributed by atoms with Gasteiger partial charge in [0.1, 0.15) is 16.8 Å². The van der Waals surface area contributed by atoms with Gasteiger partial charge in [0.05, 0.1) is 0 Å². The van der Waals surface area contributed by atoms with Gasteiger partial charge in [0, 0.05) is 18.3 Å². The Morgan fingerprint density at radius 3 is 2.65 bits per heavy atom. The van der Waals surface area contributed by atoms with E-state index in [0.29, 0.717) is 17.1 Å². The zero-order valence-electron chi connectivity index (χ0n) is 11.0. The predicted molar refractivity (Wildman–Crippen MR) is 77.9 cm³/mol. The number of halogens is 2. The Balaban J connectivity index is 2.25. The van der Waals surface area contributed by atoms with Gasteiger partial charge < -0.3 is 10.6 Å². The van der Waals surface area contributed by atoms with Crippen molar-refractivity contribution in [2.45, 2.75) is 6.92 Å². The second-order valence-corrected chi connectivity index (χ2v) is 4.67. The Kier molecular flexibility index (Phi) is 4.20. The van der Waals surface area contributed by atoms with E-state index in [-0.39, 0.29) is 11.1 Å². The molecule has 0 spiro atoms. The summed E-state index contributed by atoms with van der Waals surface area (Å²) >= 11 is 5.84. The van der Waals surface area contributed by atoms with Crippen molar-refractivity contribution in [3.8, 4) is 0 Å². The van der Waals surface area contributed by atoms with Crippen molar-refractivity contribution in [3.63, 3.8) is 0 Å². The lowest BCUT2D eigenvalue weighted by atomic mass is 10.2. The van der Waals surface area contributed by atoms with Crippen LogP contribution in [-0.4, -0.2) is 17.9 Å². The van der Waals surface area contributed by atoms with Gasteiger partial charge in [-0.3, -0.25) is 4.79 Å². The molecule has 1 aromatic heterocycles. The molecule has 6 heteroatoms. The normalized spacial score (nSPS) is 10.2. The Morgan fingerprint density at radius 1 is 1.25 bits per heavy atom. The van der Waals surface area contributed by atoms with Gasteiger partial charge in [0.15, 0.2) is 0 Å². The fraction of sp³-hybridized carbons (Fsp3) is 0.143. The maximum absolute atomic E-state index is 13.3. The average molecular weight is 294 g/mol. The Morgan fingerprint density at radius 2 is 2.00 bits per heavy atom. The van der Waals surface area contributed by atoms with Crippen molar-refractivity contribution in [1.82, 2.24) is 4.98 Å². The van der Waals surface area contributed by atoms with E-state index in [1.165, 1.54) is 18.2 Å². The molecule has 104 valence electrons. The highest BCUT2D eigenvalue weighted by Crippen LogP contribution is 2.17. The van der Waals surface area contributed by atoms with E-state index in [2.05, 4.69) is 15.6 Å². The second-order valence-electron chi connectivity index (χ2n) is 4.29. The number of nitrogens with zero attached hydrogens (tertiary/aromatic N) is 1. The Bertz CT molecular complexity index is 641. The predicted octanol–water partition coefficient (Wildman–Crippen LogP) is 3.48. The molecular weight excluding hydrogens is 281 g/mol. The minimum absolute atomic E-state index is 0.206. The zero-order chi connectivity index (χ0) is 14.7. The summed E-state index contributed by atoms with van der Waals surface area (Å²) in [7, 11) is 1.68. The number of aromatic nitrogens is 1. The third kappa shape index (κ3) is 3.45. The number of pyridine rings is 1. The molecule has 0 aliphatic rings. The Labute approximate surface area is 121 Å². The number of benzene rings is 1. The lowest BCUT2D eigenvalue weighted by Crippen LogP contribution is -2.13. The van der Waals surface area contributed by atoms with E-state index in [1.807, 2.05) is 0 Å². The van der Waals surface area contributed by atoms with Crippen LogP contribution in [0.15, 0.2) is 30.3 Å². The summed E-state index contributed by atoms with van der Waals surface area (Å²) in [5.74, 6) is -0.294. The summed E-state index contributed by atoms with van der Waals surface area (Å²) in [4.78, 5) is 16.1. The summed E-state index contributed by atoms with van der Waals surface area (Å²) < 4.78 is 13.3. The molecule has 1 aromatic carbocycles. The number of nitrogens with one attached hydrogen (secondary N) is 2. The fourth-order valence-corrected chi connectivity index (χ4v) is 1.98. The highest BCUT2D eigenvalue weighted by atomic mass is 35.5. The van der Waals surface area contributed by atoms with Crippen molar-refractivity contribution >= 4 is 29.0 Å². The minimum atomic E-state index is -0.399. The topological polar surface area (TPSA) is 54.0 Å². The quantitative estimate of drug-likeness (QED) is 0.852. The third-order valence-electron chi connectivity index (χ3n) is 2.61. The maximum atomic E-state index is 13.3. The molecule has 0 fully saturated rings. The molecule has 0 radical (unpaired) electrons. The van der Waals surface area contributed by atoms with Crippen LogP contribution in [0.3, 0.4) is 0 Å². The first-order valence-electron chi connectivity index (χ1n) is 5.92. The largest absolute Gasteiger partial charge is 0.373 e. The molecule has 20 heavy (non-hydrogen) atoms. The molecule has 0 saturated carbocycles. The van der Waals surface area contributed by atoms with Crippen molar-refractivity contribution in [2.24, 2.45) is 0 Å². The summed E-state index contributed by atoms with van der Waals surface area (Å²) in [6.07, 6.45) is 0. The van der Waals surface area contributed by atoms with Crippen LogP contribution in [0.2, 0.25) is 5.15 Å². The third-order valence-corrected chi connectivity index (χ3v) is 2.81. The maximum Gasteiger partial charge on any atom is 0.255 e. The first-order chi connectivity index (χ1) is 9.47. The lowest BCUT2D eigenvalue weighted by Gasteiger charge is -2.08. The van der Waals surface area contributed by atoms with Gasteiger partial charge in [0.25, 0.3) is 5.91 Å². The van der Waals surface area contributed by atoms with Gasteiger partial charge in [-0.15, -0.1) is 0 Å². The summed E-state index contributed by atoms with van der Waals surface area (Å²) in [5.41, 5.74) is 1.46. The molecule has 0 aliphatic heterocycles. The molecule has 4 nitrogen and oxygen atoms in total. The van der Waals surface area contributed by atoms with Crippen LogP contribution >= 0.6 is 11.6 Å². The standard InChI is InChI=1S/C14H13ClFN3O/c1-8-3-10(16)7-11(4-8)18-14(20)9-5-12(15)19-13(6-9)17-2/h3-7H,1-2H3,(H,17,19)(H,18,20). The molecule has 2 aromatic rings. The molecular formula is C14H13ClFN3O. The van der Waals surface area contributed by atoms with Crippen molar-refractivity contribution in [1.29, 1.82) is 0 Å². The van der Waals surface area contributed by atoms with Crippen LogP contribution in [0.1, 0.15) is 15.9 Å².